The van der Waals surface area contributed by atoms with Crippen molar-refractivity contribution in [3.05, 3.63) is 11.6 Å². The van der Waals surface area contributed by atoms with Crippen molar-refractivity contribution in [3.63, 3.8) is 0 Å². The molecule has 2 amide bonds. The number of nitrogens with one attached hydrogen (secondary N) is 1. The monoisotopic (exact) mass is 234 g/mol. The lowest BCUT2D eigenvalue weighted by Crippen LogP contribution is -2.43. The smallest absolute Gasteiger partial charge is 0.335 e. The summed E-state index contributed by atoms with van der Waals surface area (Å²) in [6.45, 7) is 0.192. The number of nitrogens with zero attached hydrogens (tertiary/aromatic N) is 1. The summed E-state index contributed by atoms with van der Waals surface area (Å²) in [6.07, 6.45) is -1.32. The van der Waals surface area contributed by atoms with Crippen LogP contribution in [-0.2, 0) is 0 Å². The molecule has 0 aromatic carbocycles. The largest absolute Gasteiger partial charge is 0.412 e. The predicted octanol–water partition coefficient (Wildman–Crippen LogP) is 2.05. The van der Waals surface area contributed by atoms with Crippen molar-refractivity contribution >= 4 is 6.03 Å². The summed E-state index contributed by atoms with van der Waals surface area (Å²) >= 11 is 0. The Balaban J connectivity index is 1.88. The van der Waals surface area contributed by atoms with E-state index in [1.165, 1.54) is 4.90 Å². The third-order valence-electron chi connectivity index (χ3n) is 2.77. The molecule has 0 radical (unpaired) electrons. The number of rotatable bonds is 1. The fraction of sp³-hybridized carbons (Fsp3) is 0.700. The van der Waals surface area contributed by atoms with Gasteiger partial charge in [0.15, 0.2) is 0 Å². The van der Waals surface area contributed by atoms with E-state index in [4.69, 9.17) is 0 Å². The van der Waals surface area contributed by atoms with E-state index in [1.807, 2.05) is 0 Å². The van der Waals surface area contributed by atoms with Crippen LogP contribution in [-0.4, -0.2) is 36.2 Å². The molecule has 16 heavy (non-hydrogen) atoms. The molecule has 1 saturated carbocycles. The van der Waals surface area contributed by atoms with E-state index in [1.54, 1.807) is 0 Å². The van der Waals surface area contributed by atoms with Crippen LogP contribution in [0.15, 0.2) is 11.6 Å². The Labute approximate surface area is 91.3 Å². The summed E-state index contributed by atoms with van der Waals surface area (Å²) in [5.74, 6) is 0. The zero-order chi connectivity index (χ0) is 11.8. The summed E-state index contributed by atoms with van der Waals surface area (Å²) in [5, 5.41) is 2.75. The average molecular weight is 234 g/mol. The Kier molecular flexibility index (Phi) is 2.82. The van der Waals surface area contributed by atoms with Gasteiger partial charge in [0.1, 0.15) is 0 Å². The molecule has 0 aromatic heterocycles. The number of alkyl halides is 3. The summed E-state index contributed by atoms with van der Waals surface area (Å²) < 4.78 is 36.9. The quantitative estimate of drug-likeness (QED) is 0.692. The fourth-order valence-electron chi connectivity index (χ4n) is 1.60. The second-order valence-corrected chi connectivity index (χ2v) is 4.15. The molecule has 0 spiro atoms. The van der Waals surface area contributed by atoms with E-state index in [-0.39, 0.29) is 31.6 Å². The number of hydrogen-bond donors (Lipinski definition) is 1. The third kappa shape index (κ3) is 2.68. The topological polar surface area (TPSA) is 32.3 Å². The number of carbonyl (C=O) groups is 1. The Bertz CT molecular complexity index is 321. The van der Waals surface area contributed by atoms with Gasteiger partial charge >= 0.3 is 12.2 Å². The first kappa shape index (κ1) is 11.3. The Morgan fingerprint density at radius 2 is 2.12 bits per heavy atom. The first-order valence-electron chi connectivity index (χ1n) is 5.28. The molecule has 1 heterocycles. The Morgan fingerprint density at radius 1 is 1.44 bits per heavy atom. The van der Waals surface area contributed by atoms with Crippen molar-refractivity contribution in [2.75, 3.05) is 13.1 Å². The molecular weight excluding hydrogens is 221 g/mol. The van der Waals surface area contributed by atoms with Crippen molar-refractivity contribution in [1.82, 2.24) is 10.2 Å². The molecule has 0 bridgehead atoms. The Morgan fingerprint density at radius 3 is 2.56 bits per heavy atom. The average Bonchev–Trinajstić information content (AvgIpc) is 3.00. The van der Waals surface area contributed by atoms with Gasteiger partial charge in [-0.15, -0.1) is 0 Å². The highest BCUT2D eigenvalue weighted by Crippen LogP contribution is 2.30. The predicted molar refractivity (Wildman–Crippen MR) is 51.9 cm³/mol. The van der Waals surface area contributed by atoms with Gasteiger partial charge in [-0.3, -0.25) is 0 Å². The van der Waals surface area contributed by atoms with Crippen LogP contribution in [0.2, 0.25) is 0 Å². The molecular formula is C10H13F3N2O. The van der Waals surface area contributed by atoms with Gasteiger partial charge in [0.25, 0.3) is 0 Å². The summed E-state index contributed by atoms with van der Waals surface area (Å²) in [6, 6.07) is -0.0135. The van der Waals surface area contributed by atoms with E-state index in [0.29, 0.717) is 0 Å². The van der Waals surface area contributed by atoms with E-state index in [0.717, 1.165) is 18.9 Å². The highest BCUT2D eigenvalue weighted by atomic mass is 19.4. The van der Waals surface area contributed by atoms with Gasteiger partial charge in [0.2, 0.25) is 0 Å². The summed E-state index contributed by atoms with van der Waals surface area (Å²) in [5.41, 5.74) is -0.525. The SMILES string of the molecule is O=C(NC1CC1)N1CC=C(C(F)(F)F)CC1. The van der Waals surface area contributed by atoms with Crippen LogP contribution in [0.5, 0.6) is 0 Å². The minimum absolute atomic E-state index is 0.0490. The van der Waals surface area contributed by atoms with Crippen LogP contribution in [0.25, 0.3) is 0 Å². The van der Waals surface area contributed by atoms with Crippen LogP contribution in [0.1, 0.15) is 19.3 Å². The van der Waals surface area contributed by atoms with Gasteiger partial charge in [-0.25, -0.2) is 4.79 Å². The third-order valence-corrected chi connectivity index (χ3v) is 2.77. The number of hydrogen-bond acceptors (Lipinski definition) is 1. The maximum Gasteiger partial charge on any atom is 0.412 e. The van der Waals surface area contributed by atoms with Crippen LogP contribution < -0.4 is 5.32 Å². The van der Waals surface area contributed by atoms with Gasteiger partial charge < -0.3 is 10.2 Å². The number of halogens is 3. The minimum Gasteiger partial charge on any atom is -0.335 e. The highest BCUT2D eigenvalue weighted by Gasteiger charge is 2.36. The molecule has 3 nitrogen and oxygen atoms in total. The Hall–Kier alpha value is -1.20. The molecule has 6 heteroatoms. The van der Waals surface area contributed by atoms with E-state index < -0.39 is 11.7 Å². The first-order valence-corrected chi connectivity index (χ1v) is 5.28. The van der Waals surface area contributed by atoms with Crippen molar-refractivity contribution in [3.8, 4) is 0 Å². The van der Waals surface area contributed by atoms with Crippen molar-refractivity contribution < 1.29 is 18.0 Å². The molecule has 1 N–H and O–H groups in total. The number of urea groups is 1. The normalized spacial score (nSPS) is 21.7. The zero-order valence-corrected chi connectivity index (χ0v) is 8.68. The molecule has 0 atom stereocenters. The van der Waals surface area contributed by atoms with E-state index in [2.05, 4.69) is 5.32 Å². The lowest BCUT2D eigenvalue weighted by molar-refractivity contribution is -0.0956. The zero-order valence-electron chi connectivity index (χ0n) is 8.68. The van der Waals surface area contributed by atoms with Crippen LogP contribution >= 0.6 is 0 Å². The second kappa shape index (κ2) is 3.99. The number of amides is 2. The first-order chi connectivity index (χ1) is 7.47. The molecule has 2 aliphatic rings. The molecule has 1 fully saturated rings. The van der Waals surface area contributed by atoms with Gasteiger partial charge in [-0.05, 0) is 19.3 Å². The maximum absolute atomic E-state index is 12.3. The van der Waals surface area contributed by atoms with Crippen LogP contribution in [0.3, 0.4) is 0 Å². The van der Waals surface area contributed by atoms with Gasteiger partial charge in [0, 0.05) is 24.7 Å². The van der Waals surface area contributed by atoms with Gasteiger partial charge in [-0.2, -0.15) is 13.2 Å². The lowest BCUT2D eigenvalue weighted by atomic mass is 10.1. The molecule has 2 rings (SSSR count). The minimum atomic E-state index is -4.25. The number of carbonyl (C=O) groups excluding carboxylic acids is 1. The van der Waals surface area contributed by atoms with Crippen molar-refractivity contribution in [2.45, 2.75) is 31.5 Å². The molecule has 0 saturated heterocycles. The molecule has 90 valence electrons. The van der Waals surface area contributed by atoms with Gasteiger partial charge in [0.05, 0.1) is 0 Å². The standard InChI is InChI=1S/C10H13F3N2O/c11-10(12,13)7-3-5-15(6-4-7)9(16)14-8-1-2-8/h3,8H,1-2,4-6H2,(H,14,16). The molecule has 0 unspecified atom stereocenters. The maximum atomic E-state index is 12.3. The molecule has 1 aliphatic carbocycles. The summed E-state index contributed by atoms with van der Waals surface area (Å²) in [4.78, 5) is 12.9. The van der Waals surface area contributed by atoms with Gasteiger partial charge in [-0.1, -0.05) is 6.08 Å². The highest BCUT2D eigenvalue weighted by molar-refractivity contribution is 5.75. The van der Waals surface area contributed by atoms with E-state index >= 15 is 0 Å². The fourth-order valence-corrected chi connectivity index (χ4v) is 1.60. The second-order valence-electron chi connectivity index (χ2n) is 4.15. The summed E-state index contributed by atoms with van der Waals surface area (Å²) in [7, 11) is 0. The van der Waals surface area contributed by atoms with Crippen LogP contribution in [0, 0.1) is 0 Å². The van der Waals surface area contributed by atoms with Crippen molar-refractivity contribution in [2.24, 2.45) is 0 Å². The van der Waals surface area contributed by atoms with E-state index in [9.17, 15) is 18.0 Å². The lowest BCUT2D eigenvalue weighted by Gasteiger charge is -2.27. The molecule has 0 aromatic rings. The van der Waals surface area contributed by atoms with Crippen molar-refractivity contribution in [1.29, 1.82) is 0 Å². The molecule has 1 aliphatic heterocycles. The van der Waals surface area contributed by atoms with Crippen LogP contribution in [0.4, 0.5) is 18.0 Å².